The van der Waals surface area contributed by atoms with Crippen molar-refractivity contribution in [2.75, 3.05) is 23.7 Å². The predicted octanol–water partition coefficient (Wildman–Crippen LogP) is 2.24. The van der Waals surface area contributed by atoms with E-state index in [1.54, 1.807) is 0 Å². The summed E-state index contributed by atoms with van der Waals surface area (Å²) in [5.41, 5.74) is 4.57. The molecule has 0 spiro atoms. The van der Waals surface area contributed by atoms with Gasteiger partial charge in [0.2, 0.25) is 5.95 Å². The SMILES string of the molecule is c1cc(NC2CCCNC2)n2nc(Nc3ccc4c(c3)CNC4)nc2c1. The van der Waals surface area contributed by atoms with Crippen LogP contribution >= 0.6 is 0 Å². The molecule has 0 amide bonds. The molecule has 0 aliphatic carbocycles. The molecule has 4 N–H and O–H groups in total. The van der Waals surface area contributed by atoms with E-state index in [1.165, 1.54) is 24.0 Å². The van der Waals surface area contributed by atoms with E-state index in [2.05, 4.69) is 55.6 Å². The van der Waals surface area contributed by atoms with Crippen molar-refractivity contribution in [2.45, 2.75) is 32.0 Å². The Balaban J connectivity index is 1.40. The van der Waals surface area contributed by atoms with Crippen LogP contribution in [-0.4, -0.2) is 33.7 Å². The van der Waals surface area contributed by atoms with E-state index in [1.807, 2.05) is 16.6 Å². The Morgan fingerprint density at radius 1 is 1.08 bits per heavy atom. The number of piperidine rings is 1. The van der Waals surface area contributed by atoms with Gasteiger partial charge in [0.25, 0.3) is 0 Å². The highest BCUT2D eigenvalue weighted by Crippen LogP contribution is 2.23. The maximum atomic E-state index is 4.66. The molecule has 1 unspecified atom stereocenters. The molecule has 5 rings (SSSR count). The van der Waals surface area contributed by atoms with Crippen molar-refractivity contribution in [3.8, 4) is 0 Å². The van der Waals surface area contributed by atoms with Gasteiger partial charge in [-0.25, -0.2) is 0 Å². The Morgan fingerprint density at radius 2 is 2.04 bits per heavy atom. The number of nitrogens with zero attached hydrogens (tertiary/aromatic N) is 3. The summed E-state index contributed by atoms with van der Waals surface area (Å²) >= 11 is 0. The minimum atomic E-state index is 0.430. The lowest BCUT2D eigenvalue weighted by Gasteiger charge is -2.24. The molecular weight excluding hydrogens is 326 g/mol. The Labute approximate surface area is 152 Å². The first-order valence-corrected chi connectivity index (χ1v) is 9.28. The van der Waals surface area contributed by atoms with Crippen LogP contribution in [0, 0.1) is 0 Å². The molecule has 1 fully saturated rings. The number of rotatable bonds is 4. The van der Waals surface area contributed by atoms with Crippen LogP contribution in [-0.2, 0) is 13.1 Å². The van der Waals surface area contributed by atoms with Crippen LogP contribution in [0.5, 0.6) is 0 Å². The molecule has 3 aromatic rings. The Bertz CT molecular complexity index is 927. The highest BCUT2D eigenvalue weighted by atomic mass is 15.4. The average molecular weight is 349 g/mol. The normalized spacial score (nSPS) is 19.5. The molecule has 1 saturated heterocycles. The third-order valence-corrected chi connectivity index (χ3v) is 5.10. The van der Waals surface area contributed by atoms with Gasteiger partial charge in [-0.3, -0.25) is 0 Å². The molecular formula is C19H23N7. The molecule has 134 valence electrons. The van der Waals surface area contributed by atoms with Gasteiger partial charge in [-0.05, 0) is 54.8 Å². The smallest absolute Gasteiger partial charge is 0.247 e. The van der Waals surface area contributed by atoms with Crippen molar-refractivity contribution in [3.05, 3.63) is 47.5 Å². The van der Waals surface area contributed by atoms with Gasteiger partial charge in [0, 0.05) is 31.4 Å². The largest absolute Gasteiger partial charge is 0.366 e. The number of anilines is 3. The average Bonchev–Trinajstić information content (AvgIpc) is 3.29. The molecule has 7 nitrogen and oxygen atoms in total. The summed E-state index contributed by atoms with van der Waals surface area (Å²) in [6.07, 6.45) is 2.37. The van der Waals surface area contributed by atoms with Gasteiger partial charge in [-0.2, -0.15) is 9.50 Å². The van der Waals surface area contributed by atoms with Crippen molar-refractivity contribution in [3.63, 3.8) is 0 Å². The zero-order valence-electron chi connectivity index (χ0n) is 14.6. The minimum absolute atomic E-state index is 0.430. The van der Waals surface area contributed by atoms with Gasteiger partial charge in [0.15, 0.2) is 5.65 Å². The van der Waals surface area contributed by atoms with Crippen LogP contribution in [0.3, 0.4) is 0 Å². The number of benzene rings is 1. The lowest BCUT2D eigenvalue weighted by Crippen LogP contribution is -2.38. The first kappa shape index (κ1) is 15.6. The fourth-order valence-corrected chi connectivity index (χ4v) is 3.75. The summed E-state index contributed by atoms with van der Waals surface area (Å²) in [5, 5.41) is 18.4. The van der Waals surface area contributed by atoms with Crippen LogP contribution in [0.25, 0.3) is 5.65 Å². The van der Waals surface area contributed by atoms with Crippen LogP contribution in [0.15, 0.2) is 36.4 Å². The molecule has 4 heterocycles. The summed E-state index contributed by atoms with van der Waals surface area (Å²) in [6, 6.07) is 12.9. The molecule has 2 aromatic heterocycles. The number of hydrogen-bond acceptors (Lipinski definition) is 6. The Hall–Kier alpha value is -2.64. The molecule has 7 heteroatoms. The van der Waals surface area contributed by atoms with Gasteiger partial charge in [-0.1, -0.05) is 12.1 Å². The summed E-state index contributed by atoms with van der Waals surface area (Å²) in [5.74, 6) is 1.60. The van der Waals surface area contributed by atoms with Crippen molar-refractivity contribution in [1.29, 1.82) is 0 Å². The van der Waals surface area contributed by atoms with E-state index in [4.69, 9.17) is 0 Å². The highest BCUT2D eigenvalue weighted by molar-refractivity contribution is 5.59. The summed E-state index contributed by atoms with van der Waals surface area (Å²) in [7, 11) is 0. The predicted molar refractivity (Wildman–Crippen MR) is 103 cm³/mol. The second-order valence-electron chi connectivity index (χ2n) is 7.02. The maximum absolute atomic E-state index is 4.66. The van der Waals surface area contributed by atoms with E-state index in [0.717, 1.165) is 43.3 Å². The summed E-state index contributed by atoms with van der Waals surface area (Å²) < 4.78 is 1.88. The van der Waals surface area contributed by atoms with Gasteiger partial charge in [0.05, 0.1) is 0 Å². The van der Waals surface area contributed by atoms with Gasteiger partial charge < -0.3 is 21.3 Å². The van der Waals surface area contributed by atoms with E-state index in [9.17, 15) is 0 Å². The number of nitrogens with one attached hydrogen (secondary N) is 4. The van der Waals surface area contributed by atoms with E-state index in [0.29, 0.717) is 12.0 Å². The molecule has 1 aromatic carbocycles. The topological polar surface area (TPSA) is 78.3 Å². The highest BCUT2D eigenvalue weighted by Gasteiger charge is 2.15. The van der Waals surface area contributed by atoms with Crippen molar-refractivity contribution in [1.82, 2.24) is 25.2 Å². The van der Waals surface area contributed by atoms with Gasteiger partial charge >= 0.3 is 0 Å². The zero-order valence-corrected chi connectivity index (χ0v) is 14.6. The monoisotopic (exact) mass is 349 g/mol. The first-order chi connectivity index (χ1) is 12.8. The molecule has 0 saturated carbocycles. The standard InChI is InChI=1S/C19H23N7/c1-4-17(22-16-3-2-8-20-12-16)26-18(5-1)24-19(25-26)23-15-7-6-13-10-21-11-14(13)9-15/h1,4-7,9,16,20-22H,2-3,8,10-12H2,(H,23,25). The molecule has 0 radical (unpaired) electrons. The molecule has 1 atom stereocenters. The first-order valence-electron chi connectivity index (χ1n) is 9.28. The Morgan fingerprint density at radius 3 is 2.96 bits per heavy atom. The summed E-state index contributed by atoms with van der Waals surface area (Å²) in [4.78, 5) is 4.62. The molecule has 26 heavy (non-hydrogen) atoms. The number of hydrogen-bond donors (Lipinski definition) is 4. The lowest BCUT2D eigenvalue weighted by atomic mass is 10.1. The second kappa shape index (κ2) is 6.59. The van der Waals surface area contributed by atoms with E-state index >= 15 is 0 Å². The van der Waals surface area contributed by atoms with Crippen molar-refractivity contribution >= 4 is 23.1 Å². The minimum Gasteiger partial charge on any atom is -0.366 e. The van der Waals surface area contributed by atoms with Crippen LogP contribution in [0.4, 0.5) is 17.5 Å². The van der Waals surface area contributed by atoms with Crippen LogP contribution < -0.4 is 21.3 Å². The van der Waals surface area contributed by atoms with Crippen LogP contribution in [0.2, 0.25) is 0 Å². The van der Waals surface area contributed by atoms with Gasteiger partial charge in [0.1, 0.15) is 5.82 Å². The molecule has 2 aliphatic rings. The number of aromatic nitrogens is 3. The zero-order chi connectivity index (χ0) is 17.3. The number of pyridine rings is 1. The molecule has 2 aliphatic heterocycles. The van der Waals surface area contributed by atoms with Crippen molar-refractivity contribution in [2.24, 2.45) is 0 Å². The number of fused-ring (bicyclic) bond motifs is 2. The second-order valence-corrected chi connectivity index (χ2v) is 7.02. The maximum Gasteiger partial charge on any atom is 0.247 e. The fraction of sp³-hybridized carbons (Fsp3) is 0.368. The van der Waals surface area contributed by atoms with E-state index < -0.39 is 0 Å². The van der Waals surface area contributed by atoms with Crippen molar-refractivity contribution < 1.29 is 0 Å². The quantitative estimate of drug-likeness (QED) is 0.579. The summed E-state index contributed by atoms with van der Waals surface area (Å²) in [6.45, 7) is 3.97. The third kappa shape index (κ3) is 3.00. The van der Waals surface area contributed by atoms with Gasteiger partial charge in [-0.15, -0.1) is 5.10 Å². The van der Waals surface area contributed by atoms with E-state index in [-0.39, 0.29) is 0 Å². The Kier molecular flexibility index (Phi) is 3.95. The molecule has 0 bridgehead atoms. The van der Waals surface area contributed by atoms with Crippen LogP contribution in [0.1, 0.15) is 24.0 Å². The fourth-order valence-electron chi connectivity index (χ4n) is 3.75. The third-order valence-electron chi connectivity index (χ3n) is 5.10. The lowest BCUT2D eigenvalue weighted by molar-refractivity contribution is 0.478.